The van der Waals surface area contributed by atoms with Crippen molar-refractivity contribution in [1.82, 2.24) is 20.1 Å². The normalized spacial score (nSPS) is 13.4. The molecule has 1 atom stereocenters. The fourth-order valence-electron chi connectivity index (χ4n) is 2.44. The number of pyridine rings is 1. The molecule has 2 aromatic heterocycles. The van der Waals surface area contributed by atoms with Crippen LogP contribution in [-0.4, -0.2) is 21.8 Å². The highest BCUT2D eigenvalue weighted by Gasteiger charge is 2.36. The summed E-state index contributed by atoms with van der Waals surface area (Å²) in [5.74, 6) is 0. The summed E-state index contributed by atoms with van der Waals surface area (Å²) in [6.45, 7) is 1.92. The van der Waals surface area contributed by atoms with E-state index in [2.05, 4.69) is 15.4 Å². The van der Waals surface area contributed by atoms with Gasteiger partial charge in [-0.15, -0.1) is 0 Å². The largest absolute Gasteiger partial charge is 0.416 e. The number of hydrogen-bond acceptors (Lipinski definition) is 3. The van der Waals surface area contributed by atoms with Gasteiger partial charge >= 0.3 is 6.18 Å². The van der Waals surface area contributed by atoms with Crippen molar-refractivity contribution in [3.05, 3.63) is 47.0 Å². The van der Waals surface area contributed by atoms with Gasteiger partial charge in [-0.2, -0.15) is 18.3 Å². The Morgan fingerprint density at radius 1 is 1.33 bits per heavy atom. The molecule has 0 aliphatic rings. The van der Waals surface area contributed by atoms with E-state index in [4.69, 9.17) is 0 Å². The molecule has 0 aliphatic heterocycles. The summed E-state index contributed by atoms with van der Waals surface area (Å²) in [6.07, 6.45) is 0.393. The third-order valence-corrected chi connectivity index (χ3v) is 3.34. The summed E-state index contributed by atoms with van der Waals surface area (Å²) in [7, 11) is 3.38. The minimum Gasteiger partial charge on any atom is -0.309 e. The molecule has 7 heteroatoms. The number of halogens is 3. The van der Waals surface area contributed by atoms with E-state index in [-0.39, 0.29) is 5.56 Å². The van der Waals surface area contributed by atoms with Gasteiger partial charge in [-0.3, -0.25) is 9.67 Å². The SMILES string of the molecule is CCc1nn(C)cc1C(NC)c1cnccc1C(F)(F)F. The Labute approximate surface area is 121 Å². The molecule has 4 nitrogen and oxygen atoms in total. The Morgan fingerprint density at radius 3 is 2.62 bits per heavy atom. The van der Waals surface area contributed by atoms with Crippen LogP contribution in [0.5, 0.6) is 0 Å². The Balaban J connectivity index is 2.57. The summed E-state index contributed by atoms with van der Waals surface area (Å²) in [6, 6.07) is 0.403. The number of alkyl halides is 3. The van der Waals surface area contributed by atoms with Crippen molar-refractivity contribution >= 4 is 0 Å². The van der Waals surface area contributed by atoms with Crippen molar-refractivity contribution in [3.8, 4) is 0 Å². The van der Waals surface area contributed by atoms with E-state index in [0.717, 1.165) is 23.5 Å². The molecular weight excluding hydrogens is 281 g/mol. The third-order valence-electron chi connectivity index (χ3n) is 3.34. The lowest BCUT2D eigenvalue weighted by Gasteiger charge is -2.20. The number of nitrogens with zero attached hydrogens (tertiary/aromatic N) is 3. The molecule has 2 heterocycles. The zero-order valence-corrected chi connectivity index (χ0v) is 12.1. The maximum Gasteiger partial charge on any atom is 0.416 e. The minimum atomic E-state index is -4.41. The quantitative estimate of drug-likeness (QED) is 0.943. The van der Waals surface area contributed by atoms with Crippen molar-refractivity contribution in [2.24, 2.45) is 7.05 Å². The molecule has 0 fully saturated rings. The van der Waals surface area contributed by atoms with Gasteiger partial charge in [-0.1, -0.05) is 6.92 Å². The first-order valence-electron chi connectivity index (χ1n) is 6.59. The van der Waals surface area contributed by atoms with Gasteiger partial charge in [0, 0.05) is 36.8 Å². The summed E-state index contributed by atoms with van der Waals surface area (Å²) >= 11 is 0. The van der Waals surface area contributed by atoms with Crippen LogP contribution in [0.1, 0.15) is 35.3 Å². The van der Waals surface area contributed by atoms with E-state index in [9.17, 15) is 13.2 Å². The fraction of sp³-hybridized carbons (Fsp3) is 0.429. The summed E-state index contributed by atoms with van der Waals surface area (Å²) in [5.41, 5.74) is 0.938. The summed E-state index contributed by atoms with van der Waals surface area (Å²) < 4.78 is 41.1. The average molecular weight is 298 g/mol. The van der Waals surface area contributed by atoms with Crippen LogP contribution in [0.3, 0.4) is 0 Å². The topological polar surface area (TPSA) is 42.7 Å². The fourth-order valence-corrected chi connectivity index (χ4v) is 2.44. The van der Waals surface area contributed by atoms with Gasteiger partial charge < -0.3 is 5.32 Å². The Morgan fingerprint density at radius 2 is 2.05 bits per heavy atom. The van der Waals surface area contributed by atoms with Crippen molar-refractivity contribution < 1.29 is 13.2 Å². The van der Waals surface area contributed by atoms with Gasteiger partial charge in [0.25, 0.3) is 0 Å². The maximum atomic E-state index is 13.2. The van der Waals surface area contributed by atoms with Gasteiger partial charge in [-0.05, 0) is 19.5 Å². The average Bonchev–Trinajstić information content (AvgIpc) is 2.80. The van der Waals surface area contributed by atoms with Gasteiger partial charge in [-0.25, -0.2) is 0 Å². The van der Waals surface area contributed by atoms with E-state index in [1.165, 1.54) is 6.20 Å². The van der Waals surface area contributed by atoms with Crippen molar-refractivity contribution in [2.45, 2.75) is 25.6 Å². The van der Waals surface area contributed by atoms with Gasteiger partial charge in [0.1, 0.15) is 0 Å². The van der Waals surface area contributed by atoms with Crippen LogP contribution in [0.25, 0.3) is 0 Å². The number of nitrogens with one attached hydrogen (secondary N) is 1. The van der Waals surface area contributed by atoms with E-state index < -0.39 is 17.8 Å². The zero-order valence-electron chi connectivity index (χ0n) is 12.1. The van der Waals surface area contributed by atoms with E-state index >= 15 is 0 Å². The van der Waals surface area contributed by atoms with Crippen LogP contribution in [0.4, 0.5) is 13.2 Å². The molecule has 114 valence electrons. The monoisotopic (exact) mass is 298 g/mol. The zero-order chi connectivity index (χ0) is 15.6. The third kappa shape index (κ3) is 3.07. The second kappa shape index (κ2) is 5.85. The molecule has 0 spiro atoms. The van der Waals surface area contributed by atoms with Gasteiger partial charge in [0.15, 0.2) is 0 Å². The van der Waals surface area contributed by atoms with Crippen LogP contribution in [0.2, 0.25) is 0 Å². The Bertz CT molecular complexity index is 619. The molecule has 21 heavy (non-hydrogen) atoms. The summed E-state index contributed by atoms with van der Waals surface area (Å²) in [4.78, 5) is 3.85. The molecule has 1 N–H and O–H groups in total. The second-order valence-corrected chi connectivity index (χ2v) is 4.74. The first kappa shape index (κ1) is 15.5. The number of aromatic nitrogens is 3. The van der Waals surface area contributed by atoms with Gasteiger partial charge in [0.2, 0.25) is 0 Å². The lowest BCUT2D eigenvalue weighted by Crippen LogP contribution is -2.22. The molecule has 0 amide bonds. The second-order valence-electron chi connectivity index (χ2n) is 4.74. The maximum absolute atomic E-state index is 13.2. The molecule has 2 aromatic rings. The van der Waals surface area contributed by atoms with Crippen LogP contribution >= 0.6 is 0 Å². The lowest BCUT2D eigenvalue weighted by molar-refractivity contribution is -0.138. The van der Waals surface area contributed by atoms with Crippen LogP contribution in [-0.2, 0) is 19.6 Å². The molecule has 0 bridgehead atoms. The molecule has 1 unspecified atom stereocenters. The molecular formula is C14H17F3N4. The van der Waals surface area contributed by atoms with E-state index in [1.807, 2.05) is 6.92 Å². The molecule has 0 saturated heterocycles. The van der Waals surface area contributed by atoms with Crippen LogP contribution < -0.4 is 5.32 Å². The Hall–Kier alpha value is -1.89. The number of rotatable bonds is 4. The molecule has 0 aromatic carbocycles. The number of aryl methyl sites for hydroxylation is 2. The molecule has 2 rings (SSSR count). The van der Waals surface area contributed by atoms with Crippen molar-refractivity contribution in [3.63, 3.8) is 0 Å². The standard InChI is InChI=1S/C14H17F3N4/c1-4-12-10(8-21(3)20-12)13(18-2)9-7-19-6-5-11(9)14(15,16)17/h5-8,13,18H,4H2,1-3H3. The first-order valence-corrected chi connectivity index (χ1v) is 6.59. The first-order chi connectivity index (χ1) is 9.88. The predicted octanol–water partition coefficient (Wildman–Crippen LogP) is 2.71. The highest BCUT2D eigenvalue weighted by atomic mass is 19.4. The van der Waals surface area contributed by atoms with Gasteiger partial charge in [0.05, 0.1) is 17.3 Å². The van der Waals surface area contributed by atoms with E-state index in [1.54, 1.807) is 25.0 Å². The van der Waals surface area contributed by atoms with Crippen LogP contribution in [0, 0.1) is 0 Å². The van der Waals surface area contributed by atoms with Crippen molar-refractivity contribution in [1.29, 1.82) is 0 Å². The highest BCUT2D eigenvalue weighted by molar-refractivity contribution is 5.38. The molecule has 0 radical (unpaired) electrons. The molecule has 0 aliphatic carbocycles. The minimum absolute atomic E-state index is 0.107. The lowest BCUT2D eigenvalue weighted by atomic mass is 9.95. The number of hydrogen-bond donors (Lipinski definition) is 1. The van der Waals surface area contributed by atoms with Crippen LogP contribution in [0.15, 0.2) is 24.7 Å². The van der Waals surface area contributed by atoms with Crippen molar-refractivity contribution in [2.75, 3.05) is 7.05 Å². The van der Waals surface area contributed by atoms with E-state index in [0.29, 0.717) is 6.42 Å². The molecule has 0 saturated carbocycles. The predicted molar refractivity (Wildman–Crippen MR) is 72.7 cm³/mol. The highest BCUT2D eigenvalue weighted by Crippen LogP contribution is 2.36. The summed E-state index contributed by atoms with van der Waals surface area (Å²) in [5, 5.41) is 7.23. The Kier molecular flexibility index (Phi) is 4.32. The smallest absolute Gasteiger partial charge is 0.309 e.